The van der Waals surface area contributed by atoms with Crippen molar-refractivity contribution in [3.63, 3.8) is 0 Å². The van der Waals surface area contributed by atoms with E-state index in [1.807, 2.05) is 36.4 Å². The molecule has 3 rings (SSSR count). The lowest BCUT2D eigenvalue weighted by atomic mass is 9.99. The van der Waals surface area contributed by atoms with Gasteiger partial charge in [0.15, 0.2) is 0 Å². The largest absolute Gasteiger partial charge is 0.497 e. The van der Waals surface area contributed by atoms with Crippen LogP contribution in [0.15, 0.2) is 42.5 Å². The fourth-order valence-electron chi connectivity index (χ4n) is 4.22. The smallest absolute Gasteiger partial charge is 0.255 e. The van der Waals surface area contributed by atoms with Gasteiger partial charge in [-0.2, -0.15) is 0 Å². The van der Waals surface area contributed by atoms with Gasteiger partial charge < -0.3 is 14.8 Å². The number of nitrogens with zero attached hydrogens (tertiary/aromatic N) is 2. The van der Waals surface area contributed by atoms with Gasteiger partial charge in [-0.25, -0.2) is 10.0 Å². The molecule has 1 amide bonds. The van der Waals surface area contributed by atoms with Crippen molar-refractivity contribution >= 4 is 5.91 Å². The summed E-state index contributed by atoms with van der Waals surface area (Å²) < 4.78 is 11.5. The first-order valence-electron chi connectivity index (χ1n) is 11.6. The standard InChI is InChI=1S/C26H37N3O3/c1-6-28-16-22(17-29(28)7-2)27-26(30)24-10-8-9-21(15-19(3)4)25(24)32-18-20-11-13-23(31-5)14-12-20/h8-14,19,22H,6-7,15-18H2,1-5H3,(H,27,30). The molecular weight excluding hydrogens is 402 g/mol. The van der Waals surface area contributed by atoms with Crippen LogP contribution in [-0.4, -0.2) is 55.3 Å². The molecule has 1 aliphatic rings. The van der Waals surface area contributed by atoms with Gasteiger partial charge in [0.25, 0.3) is 5.91 Å². The highest BCUT2D eigenvalue weighted by Crippen LogP contribution is 2.28. The van der Waals surface area contributed by atoms with Crippen LogP contribution in [-0.2, 0) is 13.0 Å². The summed E-state index contributed by atoms with van der Waals surface area (Å²) in [6, 6.07) is 13.8. The number of methoxy groups -OCH3 is 1. The third-order valence-corrected chi connectivity index (χ3v) is 5.84. The molecule has 6 heteroatoms. The number of nitrogens with one attached hydrogen (secondary N) is 1. The highest BCUT2D eigenvalue weighted by molar-refractivity contribution is 5.97. The molecule has 0 atom stereocenters. The zero-order valence-corrected chi connectivity index (χ0v) is 20.1. The summed E-state index contributed by atoms with van der Waals surface area (Å²) in [5.41, 5.74) is 2.71. The summed E-state index contributed by atoms with van der Waals surface area (Å²) in [6.45, 7) is 12.6. The van der Waals surface area contributed by atoms with Gasteiger partial charge in [-0.1, -0.05) is 52.0 Å². The lowest BCUT2D eigenvalue weighted by Crippen LogP contribution is -2.38. The molecule has 0 radical (unpaired) electrons. The Kier molecular flexibility index (Phi) is 8.53. The normalized spacial score (nSPS) is 15.3. The van der Waals surface area contributed by atoms with E-state index in [0.717, 1.165) is 49.5 Å². The topological polar surface area (TPSA) is 54.0 Å². The average molecular weight is 440 g/mol. The minimum absolute atomic E-state index is 0.0701. The molecule has 1 heterocycles. The Labute approximate surface area is 192 Å². The number of hydrogen-bond donors (Lipinski definition) is 1. The molecule has 0 saturated carbocycles. The second-order valence-corrected chi connectivity index (χ2v) is 8.71. The number of rotatable bonds is 10. The van der Waals surface area contributed by atoms with Gasteiger partial charge in [-0.05, 0) is 41.7 Å². The third kappa shape index (κ3) is 6.02. The number of para-hydroxylation sites is 1. The first-order valence-corrected chi connectivity index (χ1v) is 11.6. The Balaban J connectivity index is 1.78. The summed E-state index contributed by atoms with van der Waals surface area (Å²) in [7, 11) is 1.66. The molecule has 2 aromatic carbocycles. The van der Waals surface area contributed by atoms with Crippen molar-refractivity contribution in [3.8, 4) is 11.5 Å². The highest BCUT2D eigenvalue weighted by atomic mass is 16.5. The van der Waals surface area contributed by atoms with E-state index in [1.54, 1.807) is 7.11 Å². The van der Waals surface area contributed by atoms with Crippen molar-refractivity contribution < 1.29 is 14.3 Å². The number of hydrogen-bond acceptors (Lipinski definition) is 5. The van der Waals surface area contributed by atoms with E-state index in [4.69, 9.17) is 9.47 Å². The minimum atomic E-state index is -0.0701. The molecule has 32 heavy (non-hydrogen) atoms. The van der Waals surface area contributed by atoms with Crippen LogP contribution in [0.3, 0.4) is 0 Å². The molecular formula is C26H37N3O3. The van der Waals surface area contributed by atoms with Crippen LogP contribution in [0, 0.1) is 5.92 Å². The van der Waals surface area contributed by atoms with E-state index in [9.17, 15) is 4.79 Å². The van der Waals surface area contributed by atoms with Gasteiger partial charge in [0, 0.05) is 26.2 Å². The van der Waals surface area contributed by atoms with E-state index >= 15 is 0 Å². The lowest BCUT2D eigenvalue weighted by molar-refractivity contribution is 0.0388. The molecule has 0 aliphatic carbocycles. The van der Waals surface area contributed by atoms with Crippen molar-refractivity contribution in [1.29, 1.82) is 0 Å². The van der Waals surface area contributed by atoms with Gasteiger partial charge in [-0.15, -0.1) is 0 Å². The molecule has 6 nitrogen and oxygen atoms in total. The Morgan fingerprint density at radius 2 is 1.72 bits per heavy atom. The van der Waals surface area contributed by atoms with Crippen molar-refractivity contribution in [2.45, 2.75) is 46.8 Å². The second kappa shape index (κ2) is 11.3. The van der Waals surface area contributed by atoms with Gasteiger partial charge >= 0.3 is 0 Å². The van der Waals surface area contributed by atoms with Gasteiger partial charge in [0.2, 0.25) is 0 Å². The fraction of sp³-hybridized carbons (Fsp3) is 0.500. The number of carbonyl (C=O) groups excluding carboxylic acids is 1. The zero-order chi connectivity index (χ0) is 23.1. The van der Waals surface area contributed by atoms with Crippen molar-refractivity contribution in [3.05, 3.63) is 59.2 Å². The van der Waals surface area contributed by atoms with Crippen LogP contribution in [0.1, 0.15) is 49.2 Å². The number of likely N-dealkylation sites (N-methyl/N-ethyl adjacent to an activating group) is 2. The van der Waals surface area contributed by atoms with Gasteiger partial charge in [0.1, 0.15) is 18.1 Å². The maximum atomic E-state index is 13.3. The number of benzene rings is 2. The number of carbonyl (C=O) groups is 1. The highest BCUT2D eigenvalue weighted by Gasteiger charge is 2.30. The zero-order valence-electron chi connectivity index (χ0n) is 20.1. The van der Waals surface area contributed by atoms with E-state index in [0.29, 0.717) is 23.8 Å². The SMILES string of the molecule is CCN1CC(NC(=O)c2cccc(CC(C)C)c2OCc2ccc(OC)cc2)CN1CC. The number of ether oxygens (including phenoxy) is 2. The van der Waals surface area contributed by atoms with E-state index in [-0.39, 0.29) is 11.9 Å². The molecule has 1 aliphatic heterocycles. The molecule has 2 aromatic rings. The van der Waals surface area contributed by atoms with Crippen LogP contribution >= 0.6 is 0 Å². The Bertz CT molecular complexity index is 870. The van der Waals surface area contributed by atoms with E-state index < -0.39 is 0 Å². The predicted molar refractivity (Wildman–Crippen MR) is 128 cm³/mol. The second-order valence-electron chi connectivity index (χ2n) is 8.71. The van der Waals surface area contributed by atoms with E-state index in [2.05, 4.69) is 49.1 Å². The molecule has 0 bridgehead atoms. The number of amides is 1. The van der Waals surface area contributed by atoms with Crippen LogP contribution < -0.4 is 14.8 Å². The molecule has 174 valence electrons. The first kappa shape index (κ1) is 24.1. The van der Waals surface area contributed by atoms with Crippen molar-refractivity contribution in [1.82, 2.24) is 15.3 Å². The average Bonchev–Trinajstić information content (AvgIpc) is 3.19. The lowest BCUT2D eigenvalue weighted by Gasteiger charge is -2.24. The predicted octanol–water partition coefficient (Wildman–Crippen LogP) is 4.14. The first-order chi connectivity index (χ1) is 15.4. The molecule has 0 unspecified atom stereocenters. The van der Waals surface area contributed by atoms with Gasteiger partial charge in [-0.3, -0.25) is 4.79 Å². The molecule has 0 aromatic heterocycles. The fourth-order valence-corrected chi connectivity index (χ4v) is 4.22. The summed E-state index contributed by atoms with van der Waals surface area (Å²) in [5.74, 6) is 1.89. The van der Waals surface area contributed by atoms with Crippen LogP contribution in [0.25, 0.3) is 0 Å². The molecule has 1 saturated heterocycles. The minimum Gasteiger partial charge on any atom is -0.497 e. The van der Waals surface area contributed by atoms with E-state index in [1.165, 1.54) is 0 Å². The quantitative estimate of drug-likeness (QED) is 0.603. The summed E-state index contributed by atoms with van der Waals surface area (Å²) in [5, 5.41) is 7.82. The Morgan fingerprint density at radius 1 is 1.06 bits per heavy atom. The number of hydrazine groups is 1. The maximum Gasteiger partial charge on any atom is 0.255 e. The summed E-state index contributed by atoms with van der Waals surface area (Å²) in [4.78, 5) is 13.3. The van der Waals surface area contributed by atoms with Crippen LogP contribution in [0.4, 0.5) is 0 Å². The van der Waals surface area contributed by atoms with Crippen LogP contribution in [0.5, 0.6) is 11.5 Å². The molecule has 0 spiro atoms. The van der Waals surface area contributed by atoms with Crippen LogP contribution in [0.2, 0.25) is 0 Å². The monoisotopic (exact) mass is 439 g/mol. The third-order valence-electron chi connectivity index (χ3n) is 5.84. The summed E-state index contributed by atoms with van der Waals surface area (Å²) >= 11 is 0. The molecule has 1 fully saturated rings. The Hall–Kier alpha value is -2.57. The van der Waals surface area contributed by atoms with Gasteiger partial charge in [0.05, 0.1) is 18.7 Å². The Morgan fingerprint density at radius 3 is 2.28 bits per heavy atom. The summed E-state index contributed by atoms with van der Waals surface area (Å²) in [6.07, 6.45) is 0.857. The molecule has 1 N–H and O–H groups in total. The van der Waals surface area contributed by atoms with Crippen molar-refractivity contribution in [2.75, 3.05) is 33.3 Å². The maximum absolute atomic E-state index is 13.3. The van der Waals surface area contributed by atoms with Crippen molar-refractivity contribution in [2.24, 2.45) is 5.92 Å².